The van der Waals surface area contributed by atoms with Crippen LogP contribution in [0.3, 0.4) is 0 Å². The van der Waals surface area contributed by atoms with E-state index in [0.717, 1.165) is 0 Å². The fraction of sp³-hybridized carbons (Fsp3) is 0.533. The van der Waals surface area contributed by atoms with Crippen molar-refractivity contribution in [3.8, 4) is 0 Å². The van der Waals surface area contributed by atoms with Crippen LogP contribution in [0.1, 0.15) is 38.5 Å². The molecule has 24 heavy (non-hydrogen) atoms. The summed E-state index contributed by atoms with van der Waals surface area (Å²) in [6.07, 6.45) is 4.78. The highest BCUT2D eigenvalue weighted by atomic mass is 35.5. The van der Waals surface area contributed by atoms with Gasteiger partial charge in [-0.15, -0.1) is 0 Å². The number of imide groups is 1. The molecule has 1 aliphatic heterocycles. The van der Waals surface area contributed by atoms with Crippen LogP contribution in [0.4, 0.5) is 11.5 Å². The molecule has 2 amide bonds. The van der Waals surface area contributed by atoms with Crippen molar-refractivity contribution >= 4 is 34.9 Å². The van der Waals surface area contributed by atoms with Gasteiger partial charge < -0.3 is 5.32 Å². The van der Waals surface area contributed by atoms with Gasteiger partial charge in [0.15, 0.2) is 0 Å². The standard InChI is InChI=1S/C15H17ClN4O4/c16-9-7-12(20(23)24)15(17-8-9)18-10-1-3-11(4-2-10)19-13(21)5-6-14(19)22/h7-8,10-11H,1-6H2,(H,17,18). The van der Waals surface area contributed by atoms with Crippen molar-refractivity contribution < 1.29 is 14.5 Å². The molecular formula is C15H17ClN4O4. The Balaban J connectivity index is 1.63. The fourth-order valence-corrected chi connectivity index (χ4v) is 3.50. The predicted octanol–water partition coefficient (Wildman–Crippen LogP) is 2.52. The van der Waals surface area contributed by atoms with Gasteiger partial charge in [0.25, 0.3) is 0 Å². The molecule has 0 bridgehead atoms. The van der Waals surface area contributed by atoms with Crippen molar-refractivity contribution in [3.63, 3.8) is 0 Å². The van der Waals surface area contributed by atoms with Gasteiger partial charge in [0, 0.05) is 37.2 Å². The van der Waals surface area contributed by atoms with Crippen LogP contribution >= 0.6 is 11.6 Å². The molecule has 0 aromatic carbocycles. The zero-order valence-corrected chi connectivity index (χ0v) is 13.7. The van der Waals surface area contributed by atoms with Crippen LogP contribution in [-0.4, -0.2) is 38.7 Å². The van der Waals surface area contributed by atoms with Gasteiger partial charge in [-0.2, -0.15) is 0 Å². The van der Waals surface area contributed by atoms with E-state index >= 15 is 0 Å². The fourth-order valence-electron chi connectivity index (χ4n) is 3.35. The second kappa shape index (κ2) is 6.72. The third kappa shape index (κ3) is 3.33. The molecule has 128 valence electrons. The Hall–Kier alpha value is -2.22. The average Bonchev–Trinajstić information content (AvgIpc) is 2.89. The van der Waals surface area contributed by atoms with Crippen LogP contribution in [0, 0.1) is 10.1 Å². The molecule has 2 fully saturated rings. The summed E-state index contributed by atoms with van der Waals surface area (Å²) in [7, 11) is 0. The van der Waals surface area contributed by atoms with E-state index in [1.165, 1.54) is 17.2 Å². The number of carbonyl (C=O) groups excluding carboxylic acids is 2. The molecule has 1 aromatic heterocycles. The van der Waals surface area contributed by atoms with Crippen molar-refractivity contribution in [1.82, 2.24) is 9.88 Å². The summed E-state index contributed by atoms with van der Waals surface area (Å²) < 4.78 is 0. The number of halogens is 1. The second-order valence-corrected chi connectivity index (χ2v) is 6.52. The van der Waals surface area contributed by atoms with Crippen molar-refractivity contribution in [2.24, 2.45) is 0 Å². The molecule has 1 saturated carbocycles. The van der Waals surface area contributed by atoms with E-state index in [1.807, 2.05) is 0 Å². The van der Waals surface area contributed by atoms with Crippen LogP contribution in [0.2, 0.25) is 5.02 Å². The van der Waals surface area contributed by atoms with Crippen LogP contribution in [-0.2, 0) is 9.59 Å². The van der Waals surface area contributed by atoms with Gasteiger partial charge in [0.2, 0.25) is 17.6 Å². The Morgan fingerprint density at radius 3 is 2.42 bits per heavy atom. The molecule has 0 spiro atoms. The third-order valence-corrected chi connectivity index (χ3v) is 4.73. The van der Waals surface area contributed by atoms with Crippen molar-refractivity contribution in [2.75, 3.05) is 5.32 Å². The van der Waals surface area contributed by atoms with Gasteiger partial charge in [0.1, 0.15) is 0 Å². The molecule has 3 rings (SSSR count). The van der Waals surface area contributed by atoms with Crippen LogP contribution in [0.5, 0.6) is 0 Å². The number of nitro groups is 1. The first-order valence-electron chi connectivity index (χ1n) is 7.87. The first kappa shape index (κ1) is 16.6. The van der Waals surface area contributed by atoms with Gasteiger partial charge in [-0.25, -0.2) is 4.98 Å². The van der Waals surface area contributed by atoms with Gasteiger partial charge in [0.05, 0.1) is 9.95 Å². The maximum atomic E-state index is 11.8. The molecule has 8 nitrogen and oxygen atoms in total. The molecule has 1 aliphatic carbocycles. The number of hydrogen-bond acceptors (Lipinski definition) is 6. The molecular weight excluding hydrogens is 336 g/mol. The molecule has 2 heterocycles. The lowest BCUT2D eigenvalue weighted by Crippen LogP contribution is -2.43. The highest BCUT2D eigenvalue weighted by Gasteiger charge is 2.37. The van der Waals surface area contributed by atoms with E-state index in [0.29, 0.717) is 38.5 Å². The maximum Gasteiger partial charge on any atom is 0.312 e. The molecule has 0 radical (unpaired) electrons. The third-order valence-electron chi connectivity index (χ3n) is 4.52. The van der Waals surface area contributed by atoms with Crippen LogP contribution in [0.25, 0.3) is 0 Å². The number of nitrogens with one attached hydrogen (secondary N) is 1. The van der Waals surface area contributed by atoms with Gasteiger partial charge >= 0.3 is 5.69 Å². The molecule has 1 aromatic rings. The van der Waals surface area contributed by atoms with Crippen molar-refractivity contribution in [2.45, 2.75) is 50.6 Å². The molecule has 0 unspecified atom stereocenters. The molecule has 9 heteroatoms. The Bertz CT molecular complexity index is 672. The SMILES string of the molecule is O=C1CCC(=O)N1C1CCC(Nc2ncc(Cl)cc2[N+](=O)[O-])CC1. The lowest BCUT2D eigenvalue weighted by atomic mass is 9.90. The van der Waals surface area contributed by atoms with Crippen LogP contribution < -0.4 is 5.32 Å². The van der Waals surface area contributed by atoms with Gasteiger partial charge in [-0.1, -0.05) is 11.6 Å². The number of anilines is 1. The lowest BCUT2D eigenvalue weighted by molar-refractivity contribution is -0.384. The number of rotatable bonds is 4. The number of amides is 2. The Morgan fingerprint density at radius 2 is 1.83 bits per heavy atom. The Kier molecular flexibility index (Phi) is 4.66. The van der Waals surface area contributed by atoms with E-state index in [-0.39, 0.29) is 40.4 Å². The van der Waals surface area contributed by atoms with E-state index in [1.54, 1.807) is 0 Å². The van der Waals surface area contributed by atoms with E-state index in [2.05, 4.69) is 10.3 Å². The lowest BCUT2D eigenvalue weighted by Gasteiger charge is -2.33. The number of aromatic nitrogens is 1. The van der Waals surface area contributed by atoms with Gasteiger partial charge in [-0.05, 0) is 25.7 Å². The molecule has 0 atom stereocenters. The smallest absolute Gasteiger partial charge is 0.312 e. The minimum atomic E-state index is -0.519. The summed E-state index contributed by atoms with van der Waals surface area (Å²) in [4.78, 5) is 39.6. The molecule has 1 saturated heterocycles. The predicted molar refractivity (Wildman–Crippen MR) is 86.7 cm³/mol. The molecule has 2 aliphatic rings. The number of nitrogens with zero attached hydrogens (tertiary/aromatic N) is 3. The summed E-state index contributed by atoms with van der Waals surface area (Å²) in [6.45, 7) is 0. The quantitative estimate of drug-likeness (QED) is 0.507. The molecule has 1 N–H and O–H groups in total. The monoisotopic (exact) mass is 352 g/mol. The minimum Gasteiger partial charge on any atom is -0.362 e. The van der Waals surface area contributed by atoms with E-state index in [4.69, 9.17) is 11.6 Å². The normalized spacial score (nSPS) is 24.3. The van der Waals surface area contributed by atoms with E-state index in [9.17, 15) is 19.7 Å². The first-order valence-corrected chi connectivity index (χ1v) is 8.25. The maximum absolute atomic E-state index is 11.8. The largest absolute Gasteiger partial charge is 0.362 e. The van der Waals surface area contributed by atoms with Crippen molar-refractivity contribution in [1.29, 1.82) is 0 Å². The number of pyridine rings is 1. The Labute approximate surface area is 143 Å². The second-order valence-electron chi connectivity index (χ2n) is 6.09. The van der Waals surface area contributed by atoms with Crippen LogP contribution in [0.15, 0.2) is 12.3 Å². The van der Waals surface area contributed by atoms with Gasteiger partial charge in [-0.3, -0.25) is 24.6 Å². The van der Waals surface area contributed by atoms with E-state index < -0.39 is 4.92 Å². The summed E-state index contributed by atoms with van der Waals surface area (Å²) in [5.41, 5.74) is -0.158. The first-order chi connectivity index (χ1) is 11.5. The zero-order chi connectivity index (χ0) is 17.3. The summed E-state index contributed by atoms with van der Waals surface area (Å²) in [5.74, 6) is 0.0130. The Morgan fingerprint density at radius 1 is 1.21 bits per heavy atom. The minimum absolute atomic E-state index is 0.0152. The summed E-state index contributed by atoms with van der Waals surface area (Å²) >= 11 is 5.76. The zero-order valence-electron chi connectivity index (χ0n) is 12.9. The highest BCUT2D eigenvalue weighted by Crippen LogP contribution is 2.31. The highest BCUT2D eigenvalue weighted by molar-refractivity contribution is 6.30. The number of carbonyl (C=O) groups is 2. The summed E-state index contributed by atoms with van der Waals surface area (Å²) in [5, 5.41) is 14.4. The van der Waals surface area contributed by atoms with Crippen molar-refractivity contribution in [3.05, 3.63) is 27.4 Å². The summed E-state index contributed by atoms with van der Waals surface area (Å²) in [6, 6.07) is 1.23. The average molecular weight is 353 g/mol. The topological polar surface area (TPSA) is 105 Å². The number of hydrogen-bond donors (Lipinski definition) is 1. The number of likely N-dealkylation sites (tertiary alicyclic amines) is 1.